The molecule has 0 amide bonds. The van der Waals surface area contributed by atoms with Gasteiger partial charge in [-0.1, -0.05) is 86.9 Å². The zero-order valence-corrected chi connectivity index (χ0v) is 20.2. The van der Waals surface area contributed by atoms with Gasteiger partial charge in [0.15, 0.2) is 8.32 Å². The molecule has 0 aromatic carbocycles. The van der Waals surface area contributed by atoms with Crippen LogP contribution in [0.15, 0.2) is 0 Å². The fraction of sp³-hybridized carbons (Fsp3) is 1.00. The van der Waals surface area contributed by atoms with E-state index in [1.807, 2.05) is 0 Å². The van der Waals surface area contributed by atoms with E-state index < -0.39 is 16.4 Å². The summed E-state index contributed by atoms with van der Waals surface area (Å²) in [5.41, 5.74) is 0. The Morgan fingerprint density at radius 2 is 1.09 bits per heavy atom. The highest BCUT2D eigenvalue weighted by Gasteiger charge is 2.54. The summed E-state index contributed by atoms with van der Waals surface area (Å²) >= 11 is 0. The number of hydrogen-bond acceptors (Lipinski definition) is 1. The van der Waals surface area contributed by atoms with Gasteiger partial charge in [-0.15, -0.1) is 0 Å². The maximum absolute atomic E-state index is 7.32. The summed E-state index contributed by atoms with van der Waals surface area (Å²) in [5.74, 6) is 0.798. The van der Waals surface area contributed by atoms with E-state index in [4.69, 9.17) is 4.43 Å². The maximum Gasteiger partial charge on any atom is 0.193 e. The first-order valence-electron chi connectivity index (χ1n) is 10.2. The SMILES string of the molecule is CCC(CC)C(CC)(CC)[Si](C)(C)OC(CC)(CC)[Si](C)(C)C. The van der Waals surface area contributed by atoms with E-state index in [2.05, 4.69) is 74.3 Å². The first-order valence-corrected chi connectivity index (χ1v) is 16.6. The van der Waals surface area contributed by atoms with Crippen LogP contribution in [-0.4, -0.2) is 21.6 Å². The van der Waals surface area contributed by atoms with Crippen molar-refractivity contribution in [3.05, 3.63) is 0 Å². The van der Waals surface area contributed by atoms with Gasteiger partial charge in [0.1, 0.15) is 0 Å². The van der Waals surface area contributed by atoms with Crippen molar-refractivity contribution in [2.75, 3.05) is 0 Å². The third-order valence-electron chi connectivity index (χ3n) is 7.19. The molecule has 0 spiro atoms. The average Bonchev–Trinajstić information content (AvgIpc) is 2.48. The van der Waals surface area contributed by atoms with Crippen LogP contribution < -0.4 is 0 Å². The fourth-order valence-corrected chi connectivity index (χ4v) is 14.1. The molecule has 0 unspecified atom stereocenters. The van der Waals surface area contributed by atoms with Crippen LogP contribution in [0.5, 0.6) is 0 Å². The minimum Gasteiger partial charge on any atom is -0.414 e. The molecule has 0 rings (SSSR count). The number of rotatable bonds is 11. The lowest BCUT2D eigenvalue weighted by Gasteiger charge is -2.55. The highest BCUT2D eigenvalue weighted by atomic mass is 28.4. The van der Waals surface area contributed by atoms with Crippen molar-refractivity contribution in [3.8, 4) is 0 Å². The summed E-state index contributed by atoms with van der Waals surface area (Å²) in [7, 11) is -3.23. The normalized spacial score (nSPS) is 14.6. The van der Waals surface area contributed by atoms with Crippen LogP contribution in [0.2, 0.25) is 37.8 Å². The van der Waals surface area contributed by atoms with Crippen LogP contribution >= 0.6 is 0 Å². The van der Waals surface area contributed by atoms with E-state index >= 15 is 0 Å². The minimum atomic E-state index is -1.84. The van der Waals surface area contributed by atoms with Crippen LogP contribution in [0.1, 0.15) is 80.1 Å². The van der Waals surface area contributed by atoms with E-state index in [0.29, 0.717) is 5.04 Å². The fourth-order valence-electron chi connectivity index (χ4n) is 5.44. The van der Waals surface area contributed by atoms with Gasteiger partial charge in [0, 0.05) is 5.22 Å². The van der Waals surface area contributed by atoms with Gasteiger partial charge in [-0.05, 0) is 36.9 Å². The first-order chi connectivity index (χ1) is 10.5. The van der Waals surface area contributed by atoms with Crippen molar-refractivity contribution >= 4 is 16.4 Å². The molecule has 1 nitrogen and oxygen atoms in total. The lowest BCUT2D eigenvalue weighted by molar-refractivity contribution is 0.101. The standard InChI is InChI=1S/C20H46OSi2/c1-12-18(13-2)19(14-3,15-4)23(10,11)21-20(16-5,17-6)22(7,8)9/h18H,12-17H2,1-11H3. The second kappa shape index (κ2) is 8.66. The quantitative estimate of drug-likeness (QED) is 0.345. The molecular weight excluding hydrogens is 312 g/mol. The van der Waals surface area contributed by atoms with Crippen molar-refractivity contribution in [2.24, 2.45) is 5.92 Å². The molecule has 0 aromatic rings. The van der Waals surface area contributed by atoms with Gasteiger partial charge in [0.05, 0.1) is 8.07 Å². The summed E-state index contributed by atoms with van der Waals surface area (Å²) in [4.78, 5) is 0. The predicted molar refractivity (Wildman–Crippen MR) is 113 cm³/mol. The zero-order chi connectivity index (χ0) is 18.5. The Morgan fingerprint density at radius 3 is 1.30 bits per heavy atom. The predicted octanol–water partition coefficient (Wildman–Crippen LogP) is 7.64. The van der Waals surface area contributed by atoms with Crippen LogP contribution in [0.4, 0.5) is 0 Å². The lowest BCUT2D eigenvalue weighted by Crippen LogP contribution is -2.62. The third kappa shape index (κ3) is 4.33. The second-order valence-corrected chi connectivity index (χ2v) is 18.6. The Balaban J connectivity index is 5.98. The van der Waals surface area contributed by atoms with Gasteiger partial charge in [-0.2, -0.15) is 0 Å². The molecule has 0 aromatic heterocycles. The van der Waals surface area contributed by atoms with Gasteiger partial charge in [-0.3, -0.25) is 0 Å². The molecule has 140 valence electrons. The molecule has 0 fully saturated rings. The Hall–Kier alpha value is 0.394. The average molecular weight is 359 g/mol. The largest absolute Gasteiger partial charge is 0.414 e. The van der Waals surface area contributed by atoms with Crippen LogP contribution in [0.25, 0.3) is 0 Å². The van der Waals surface area contributed by atoms with E-state index in [1.165, 1.54) is 38.5 Å². The second-order valence-electron chi connectivity index (χ2n) is 8.94. The van der Waals surface area contributed by atoms with Crippen molar-refractivity contribution in [3.63, 3.8) is 0 Å². The molecule has 0 aliphatic rings. The summed E-state index contributed by atoms with van der Waals surface area (Å²) in [6, 6.07) is 0. The Morgan fingerprint density at radius 1 is 0.696 bits per heavy atom. The lowest BCUT2D eigenvalue weighted by atomic mass is 9.83. The first kappa shape index (κ1) is 23.4. The molecule has 0 heterocycles. The van der Waals surface area contributed by atoms with Gasteiger partial charge < -0.3 is 4.43 Å². The molecule has 0 radical (unpaired) electrons. The van der Waals surface area contributed by atoms with Crippen LogP contribution in [0, 0.1) is 5.92 Å². The highest BCUT2D eigenvalue weighted by Crippen LogP contribution is 2.56. The van der Waals surface area contributed by atoms with Gasteiger partial charge in [-0.25, -0.2) is 0 Å². The zero-order valence-electron chi connectivity index (χ0n) is 18.2. The molecular formula is C20H46OSi2. The summed E-state index contributed by atoms with van der Waals surface area (Å²) in [6.45, 7) is 26.8. The monoisotopic (exact) mass is 358 g/mol. The van der Waals surface area contributed by atoms with Crippen LogP contribution in [-0.2, 0) is 4.43 Å². The molecule has 0 saturated heterocycles. The van der Waals surface area contributed by atoms with E-state index in [1.54, 1.807) is 0 Å². The minimum absolute atomic E-state index is 0.143. The van der Waals surface area contributed by atoms with Crippen molar-refractivity contribution in [2.45, 2.75) is 123 Å². The van der Waals surface area contributed by atoms with Gasteiger partial charge >= 0.3 is 0 Å². The summed E-state index contributed by atoms with van der Waals surface area (Å²) < 4.78 is 7.32. The van der Waals surface area contributed by atoms with Gasteiger partial charge in [0.2, 0.25) is 0 Å². The van der Waals surface area contributed by atoms with Crippen molar-refractivity contribution in [1.82, 2.24) is 0 Å². The molecule has 0 atom stereocenters. The van der Waals surface area contributed by atoms with E-state index in [-0.39, 0.29) is 5.22 Å². The Kier molecular flexibility index (Phi) is 8.81. The Bertz CT molecular complexity index is 332. The Labute approximate surface area is 150 Å². The molecule has 23 heavy (non-hydrogen) atoms. The van der Waals surface area contributed by atoms with E-state index in [0.717, 1.165) is 5.92 Å². The van der Waals surface area contributed by atoms with Gasteiger partial charge in [0.25, 0.3) is 0 Å². The summed E-state index contributed by atoms with van der Waals surface area (Å²) in [5, 5.41) is 0.552. The van der Waals surface area contributed by atoms with Crippen molar-refractivity contribution < 1.29 is 4.43 Å². The molecule has 0 bridgehead atoms. The van der Waals surface area contributed by atoms with E-state index in [9.17, 15) is 0 Å². The highest BCUT2D eigenvalue weighted by molar-refractivity contribution is 6.81. The number of hydrogen-bond donors (Lipinski definition) is 0. The topological polar surface area (TPSA) is 9.23 Å². The molecule has 0 saturated carbocycles. The smallest absolute Gasteiger partial charge is 0.193 e. The van der Waals surface area contributed by atoms with Crippen LogP contribution in [0.3, 0.4) is 0 Å². The van der Waals surface area contributed by atoms with Crippen molar-refractivity contribution in [1.29, 1.82) is 0 Å². The maximum atomic E-state index is 7.32. The summed E-state index contributed by atoms with van der Waals surface area (Å²) in [6.07, 6.45) is 7.45. The molecule has 0 aliphatic carbocycles. The third-order valence-corrected chi connectivity index (χ3v) is 15.3. The molecule has 0 aliphatic heterocycles. The molecule has 3 heteroatoms. The molecule has 0 N–H and O–H groups in total.